The topological polar surface area (TPSA) is 95.6 Å². The van der Waals surface area contributed by atoms with Crippen LogP contribution in [0.15, 0.2) is 52.7 Å². The molecule has 0 unspecified atom stereocenters. The summed E-state index contributed by atoms with van der Waals surface area (Å²) in [7, 11) is -2.48. The molecule has 1 heterocycles. The predicted molar refractivity (Wildman–Crippen MR) is 101 cm³/mol. The number of benzene rings is 1. The number of nitrogens with one attached hydrogen (secondary N) is 2. The Morgan fingerprint density at radius 2 is 1.85 bits per heavy atom. The van der Waals surface area contributed by atoms with Gasteiger partial charge in [0.05, 0.1) is 11.4 Å². The average Bonchev–Trinajstić information content (AvgIpc) is 3.12. The normalized spacial score (nSPS) is 11.7. The van der Waals surface area contributed by atoms with Gasteiger partial charge in [0, 0.05) is 18.0 Å². The maximum atomic E-state index is 12.4. The molecule has 1 aromatic heterocycles. The summed E-state index contributed by atoms with van der Waals surface area (Å²) in [6.07, 6.45) is 2.89. The molecule has 26 heavy (non-hydrogen) atoms. The van der Waals surface area contributed by atoms with E-state index in [0.717, 1.165) is 14.7 Å². The van der Waals surface area contributed by atoms with E-state index >= 15 is 0 Å². The highest BCUT2D eigenvalue weighted by atomic mass is 32.2. The number of rotatable bonds is 6. The van der Waals surface area contributed by atoms with Gasteiger partial charge in [-0.2, -0.15) is 4.31 Å². The predicted octanol–water partition coefficient (Wildman–Crippen LogP) is 1.54. The second-order valence-corrected chi connectivity index (χ2v) is 8.48. The molecule has 1 aromatic carbocycles. The lowest BCUT2D eigenvalue weighted by atomic mass is 10.2. The fraction of sp³-hybridized carbons (Fsp3) is 0.176. The van der Waals surface area contributed by atoms with Crippen LogP contribution >= 0.6 is 11.3 Å². The van der Waals surface area contributed by atoms with Crippen molar-refractivity contribution in [3.63, 3.8) is 0 Å². The van der Waals surface area contributed by atoms with E-state index in [-0.39, 0.29) is 4.90 Å². The van der Waals surface area contributed by atoms with Crippen molar-refractivity contribution in [2.45, 2.75) is 11.8 Å². The standard InChI is InChI=1S/C17H19N3O4S2/c1-13-5-8-15(9-6-13)26(23,24)20(2)12-17(22)19-18-16(21)10-7-14-4-3-11-25-14/h3-11H,12H2,1-2H3,(H,18,21)(H,19,22)/b10-7+. The van der Waals surface area contributed by atoms with Gasteiger partial charge >= 0.3 is 0 Å². The van der Waals surface area contributed by atoms with E-state index in [9.17, 15) is 18.0 Å². The first-order chi connectivity index (χ1) is 12.3. The van der Waals surface area contributed by atoms with Gasteiger partial charge in [0.15, 0.2) is 0 Å². The SMILES string of the molecule is Cc1ccc(S(=O)(=O)N(C)CC(=O)NNC(=O)/C=C/c2cccs2)cc1. The van der Waals surface area contributed by atoms with Gasteiger partial charge in [-0.25, -0.2) is 8.42 Å². The quantitative estimate of drug-likeness (QED) is 0.575. The monoisotopic (exact) mass is 393 g/mol. The Bertz CT molecular complexity index is 889. The largest absolute Gasteiger partial charge is 0.272 e. The fourth-order valence-electron chi connectivity index (χ4n) is 1.93. The van der Waals surface area contributed by atoms with Gasteiger partial charge in [-0.15, -0.1) is 11.3 Å². The van der Waals surface area contributed by atoms with E-state index in [1.54, 1.807) is 18.2 Å². The van der Waals surface area contributed by atoms with E-state index in [1.807, 2.05) is 24.4 Å². The Labute approximate surface area is 156 Å². The van der Waals surface area contributed by atoms with E-state index in [2.05, 4.69) is 10.9 Å². The zero-order valence-corrected chi connectivity index (χ0v) is 15.9. The summed E-state index contributed by atoms with van der Waals surface area (Å²) >= 11 is 1.47. The van der Waals surface area contributed by atoms with Crippen molar-refractivity contribution >= 4 is 39.3 Å². The molecule has 0 saturated heterocycles. The lowest BCUT2D eigenvalue weighted by Crippen LogP contribution is -2.46. The Hall–Kier alpha value is -2.49. The molecule has 2 N–H and O–H groups in total. The number of carbonyl (C=O) groups excluding carboxylic acids is 2. The average molecular weight is 393 g/mol. The number of aryl methyl sites for hydroxylation is 1. The maximum absolute atomic E-state index is 12.4. The molecule has 0 aliphatic heterocycles. The number of likely N-dealkylation sites (N-methyl/N-ethyl adjacent to an activating group) is 1. The van der Waals surface area contributed by atoms with Crippen LogP contribution in [0.2, 0.25) is 0 Å². The highest BCUT2D eigenvalue weighted by Crippen LogP contribution is 2.14. The van der Waals surface area contributed by atoms with E-state index in [4.69, 9.17) is 0 Å². The van der Waals surface area contributed by atoms with Gasteiger partial charge < -0.3 is 0 Å². The van der Waals surface area contributed by atoms with Crippen LogP contribution in [0.3, 0.4) is 0 Å². The van der Waals surface area contributed by atoms with Crippen molar-refractivity contribution in [1.29, 1.82) is 0 Å². The minimum absolute atomic E-state index is 0.0984. The molecule has 7 nitrogen and oxygen atoms in total. The second kappa shape index (κ2) is 8.75. The summed E-state index contributed by atoms with van der Waals surface area (Å²) in [5.74, 6) is -1.17. The van der Waals surface area contributed by atoms with E-state index in [0.29, 0.717) is 0 Å². The van der Waals surface area contributed by atoms with Crippen molar-refractivity contribution in [1.82, 2.24) is 15.2 Å². The smallest absolute Gasteiger partial charge is 0.262 e. The molecule has 9 heteroatoms. The van der Waals surface area contributed by atoms with Crippen LogP contribution in [0, 0.1) is 6.92 Å². The van der Waals surface area contributed by atoms with Crippen LogP contribution < -0.4 is 10.9 Å². The molecule has 0 aliphatic carbocycles. The molecule has 0 aliphatic rings. The number of thiophene rings is 1. The first-order valence-corrected chi connectivity index (χ1v) is 9.94. The van der Waals surface area contributed by atoms with Crippen molar-refractivity contribution in [3.8, 4) is 0 Å². The minimum atomic E-state index is -3.78. The first-order valence-electron chi connectivity index (χ1n) is 7.62. The summed E-state index contributed by atoms with van der Waals surface area (Å²) in [5.41, 5.74) is 5.32. The Morgan fingerprint density at radius 3 is 2.46 bits per heavy atom. The van der Waals surface area contributed by atoms with Crippen LogP contribution in [0.5, 0.6) is 0 Å². The van der Waals surface area contributed by atoms with Crippen LogP contribution in [-0.4, -0.2) is 38.1 Å². The highest BCUT2D eigenvalue weighted by molar-refractivity contribution is 7.89. The Morgan fingerprint density at radius 1 is 1.15 bits per heavy atom. The first kappa shape index (κ1) is 19.8. The molecule has 2 aromatic rings. The Kier molecular flexibility index (Phi) is 6.67. The molecule has 0 saturated carbocycles. The van der Waals surface area contributed by atoms with Crippen molar-refractivity contribution in [2.24, 2.45) is 0 Å². The molecule has 0 bridgehead atoms. The molecule has 0 spiro atoms. The Balaban J connectivity index is 1.86. The number of nitrogens with zero attached hydrogens (tertiary/aromatic N) is 1. The zero-order valence-electron chi connectivity index (χ0n) is 14.3. The van der Waals surface area contributed by atoms with Gasteiger partial charge in [-0.3, -0.25) is 20.4 Å². The number of carbonyl (C=O) groups is 2. The number of hydrogen-bond acceptors (Lipinski definition) is 5. The molecule has 0 radical (unpaired) electrons. The van der Waals surface area contributed by atoms with Crippen molar-refractivity contribution in [3.05, 3.63) is 58.3 Å². The summed E-state index contributed by atoms with van der Waals surface area (Å²) in [5, 5.41) is 1.88. The molecular weight excluding hydrogens is 374 g/mol. The summed E-state index contributed by atoms with van der Waals surface area (Å²) < 4.78 is 25.7. The molecule has 0 fully saturated rings. The van der Waals surface area contributed by atoms with Crippen molar-refractivity contribution < 1.29 is 18.0 Å². The van der Waals surface area contributed by atoms with E-state index < -0.39 is 28.4 Å². The van der Waals surface area contributed by atoms with E-state index in [1.165, 1.54) is 36.6 Å². The van der Waals surface area contributed by atoms with Crippen LogP contribution in [0.4, 0.5) is 0 Å². The molecular formula is C17H19N3O4S2. The second-order valence-electron chi connectivity index (χ2n) is 5.46. The van der Waals surface area contributed by atoms with Crippen LogP contribution in [-0.2, 0) is 19.6 Å². The van der Waals surface area contributed by atoms with Crippen LogP contribution in [0.1, 0.15) is 10.4 Å². The molecule has 2 amide bonds. The van der Waals surface area contributed by atoms with Gasteiger partial charge in [0.1, 0.15) is 0 Å². The van der Waals surface area contributed by atoms with Gasteiger partial charge in [0.2, 0.25) is 10.0 Å². The summed E-state index contributed by atoms with van der Waals surface area (Å²) in [6.45, 7) is 1.42. The van der Waals surface area contributed by atoms with Gasteiger partial charge in [-0.1, -0.05) is 23.8 Å². The number of hydrazine groups is 1. The summed E-state index contributed by atoms with van der Waals surface area (Å²) in [6, 6.07) is 10.0. The number of amides is 2. The molecule has 0 atom stereocenters. The fourth-order valence-corrected chi connectivity index (χ4v) is 3.68. The highest BCUT2D eigenvalue weighted by Gasteiger charge is 2.22. The van der Waals surface area contributed by atoms with Gasteiger partial charge in [-0.05, 0) is 36.6 Å². The zero-order chi connectivity index (χ0) is 19.2. The number of sulfonamides is 1. The minimum Gasteiger partial charge on any atom is -0.272 e. The van der Waals surface area contributed by atoms with Crippen LogP contribution in [0.25, 0.3) is 6.08 Å². The third-order valence-electron chi connectivity index (χ3n) is 3.36. The lowest BCUT2D eigenvalue weighted by Gasteiger charge is -2.17. The number of hydrogen-bond donors (Lipinski definition) is 2. The lowest BCUT2D eigenvalue weighted by molar-refractivity contribution is -0.126. The summed E-state index contributed by atoms with van der Waals surface area (Å²) in [4.78, 5) is 24.5. The third kappa shape index (κ3) is 5.51. The molecule has 138 valence electrons. The van der Waals surface area contributed by atoms with Gasteiger partial charge in [0.25, 0.3) is 11.8 Å². The third-order valence-corrected chi connectivity index (χ3v) is 6.02. The molecule has 2 rings (SSSR count). The maximum Gasteiger partial charge on any atom is 0.262 e. The van der Waals surface area contributed by atoms with Crippen molar-refractivity contribution in [2.75, 3.05) is 13.6 Å².